The lowest BCUT2D eigenvalue weighted by Crippen LogP contribution is -2.55. The average molecular weight is 526 g/mol. The first-order valence-electron chi connectivity index (χ1n) is 12.9. The maximum atomic E-state index is 14.4. The molecule has 12 heteroatoms. The number of fused-ring (bicyclic) bond motifs is 1. The van der Waals surface area contributed by atoms with Gasteiger partial charge in [0.1, 0.15) is 24.0 Å². The molecule has 3 aliphatic rings. The molecular weight excluding hydrogens is 493 g/mol. The van der Waals surface area contributed by atoms with E-state index in [4.69, 9.17) is 14.7 Å². The molecular formula is C26H32FN7O4. The van der Waals surface area contributed by atoms with Crippen molar-refractivity contribution >= 4 is 11.9 Å². The number of aromatic hydroxyl groups is 1. The van der Waals surface area contributed by atoms with Gasteiger partial charge in [0.05, 0.1) is 24.2 Å². The van der Waals surface area contributed by atoms with Crippen molar-refractivity contribution in [3.8, 4) is 17.8 Å². The van der Waals surface area contributed by atoms with Crippen LogP contribution in [0.25, 0.3) is 0 Å². The minimum atomic E-state index is -1.04. The zero-order chi connectivity index (χ0) is 26.8. The van der Waals surface area contributed by atoms with Gasteiger partial charge in [-0.3, -0.25) is 4.90 Å². The van der Waals surface area contributed by atoms with Crippen LogP contribution in [0.5, 0.6) is 11.8 Å². The molecule has 1 aromatic heterocycles. The van der Waals surface area contributed by atoms with E-state index in [1.165, 1.54) is 23.1 Å². The molecule has 0 spiro atoms. The highest BCUT2D eigenvalue weighted by Crippen LogP contribution is 2.34. The number of hydrogen-bond donors (Lipinski definition) is 2. The van der Waals surface area contributed by atoms with E-state index < -0.39 is 18.0 Å². The van der Waals surface area contributed by atoms with Crippen molar-refractivity contribution in [2.45, 2.75) is 51.0 Å². The van der Waals surface area contributed by atoms with Gasteiger partial charge in [-0.1, -0.05) is 6.07 Å². The van der Waals surface area contributed by atoms with Gasteiger partial charge >= 0.3 is 12.1 Å². The molecule has 2 aromatic rings. The quantitative estimate of drug-likeness (QED) is 0.556. The predicted octanol–water partition coefficient (Wildman–Crippen LogP) is 2.39. The lowest BCUT2D eigenvalue weighted by molar-refractivity contribution is 0.119. The van der Waals surface area contributed by atoms with Crippen molar-refractivity contribution in [1.82, 2.24) is 24.7 Å². The number of aromatic nitrogens is 2. The van der Waals surface area contributed by atoms with Crippen molar-refractivity contribution in [2.75, 3.05) is 44.7 Å². The molecule has 2 saturated heterocycles. The average Bonchev–Trinajstić information content (AvgIpc) is 3.49. The number of halogens is 1. The molecule has 0 radical (unpaired) electrons. The second-order valence-electron chi connectivity index (χ2n) is 10.2. The molecule has 2 fully saturated rings. The summed E-state index contributed by atoms with van der Waals surface area (Å²) in [5, 5.41) is 29.1. The maximum Gasteiger partial charge on any atom is 0.407 e. The Kier molecular flexibility index (Phi) is 7.49. The van der Waals surface area contributed by atoms with E-state index in [0.29, 0.717) is 38.6 Å². The number of nitriles is 1. The highest BCUT2D eigenvalue weighted by Gasteiger charge is 2.35. The second kappa shape index (κ2) is 11.0. The van der Waals surface area contributed by atoms with Crippen molar-refractivity contribution in [2.24, 2.45) is 0 Å². The van der Waals surface area contributed by atoms with Gasteiger partial charge in [-0.05, 0) is 38.6 Å². The highest BCUT2D eigenvalue weighted by molar-refractivity contribution is 5.66. The second-order valence-corrected chi connectivity index (χ2v) is 10.2. The Balaban J connectivity index is 1.42. The number of anilines is 1. The molecule has 2 N–H and O–H groups in total. The molecule has 38 heavy (non-hydrogen) atoms. The van der Waals surface area contributed by atoms with Crippen molar-refractivity contribution in [1.29, 1.82) is 5.26 Å². The highest BCUT2D eigenvalue weighted by atomic mass is 19.1. The third-order valence-electron chi connectivity index (χ3n) is 7.71. The Morgan fingerprint density at radius 2 is 2.08 bits per heavy atom. The Bertz CT molecular complexity index is 1220. The maximum absolute atomic E-state index is 14.4. The number of ether oxygens (including phenoxy) is 1. The van der Waals surface area contributed by atoms with Crippen LogP contribution in [0.1, 0.15) is 36.1 Å². The minimum absolute atomic E-state index is 0.0755. The normalized spacial score (nSPS) is 21.9. The van der Waals surface area contributed by atoms with Crippen LogP contribution in [0, 0.1) is 17.1 Å². The first kappa shape index (κ1) is 25.9. The number of rotatable bonds is 7. The molecule has 1 aromatic carbocycles. The summed E-state index contributed by atoms with van der Waals surface area (Å²) < 4.78 is 20.5. The molecule has 11 nitrogen and oxygen atoms in total. The molecule has 3 aliphatic heterocycles. The largest absolute Gasteiger partial charge is 0.508 e. The number of phenolic OH excluding ortho intramolecular Hbond substituents is 1. The summed E-state index contributed by atoms with van der Waals surface area (Å²) in [5.41, 5.74) is 1.85. The van der Waals surface area contributed by atoms with Gasteiger partial charge in [0, 0.05) is 56.4 Å². The SMILES string of the molecule is CN1CCCC1COc1nc2c(c(N3CCN(C(=O)O)C(CC#N)C3)n1)CN(Cc1c(O)cccc1F)C2. The van der Waals surface area contributed by atoms with Crippen molar-refractivity contribution < 1.29 is 24.1 Å². The van der Waals surface area contributed by atoms with E-state index in [1.807, 2.05) is 9.80 Å². The molecule has 0 saturated carbocycles. The number of phenols is 1. The summed E-state index contributed by atoms with van der Waals surface area (Å²) in [6.07, 6.45) is 1.19. The monoisotopic (exact) mass is 525 g/mol. The van der Waals surface area contributed by atoms with E-state index in [1.54, 1.807) is 0 Å². The molecule has 4 heterocycles. The number of piperazine rings is 1. The Hall–Kier alpha value is -3.69. The van der Waals surface area contributed by atoms with E-state index >= 15 is 0 Å². The predicted molar refractivity (Wildman–Crippen MR) is 135 cm³/mol. The fourth-order valence-corrected chi connectivity index (χ4v) is 5.58. The van der Waals surface area contributed by atoms with Gasteiger partial charge in [-0.2, -0.15) is 15.2 Å². The summed E-state index contributed by atoms with van der Waals surface area (Å²) in [6, 6.07) is 6.42. The Labute approximate surface area is 220 Å². The summed E-state index contributed by atoms with van der Waals surface area (Å²) in [7, 11) is 2.07. The van der Waals surface area contributed by atoms with Crippen LogP contribution in [0.4, 0.5) is 15.0 Å². The van der Waals surface area contributed by atoms with E-state index in [-0.39, 0.29) is 42.9 Å². The Morgan fingerprint density at radius 3 is 2.79 bits per heavy atom. The lowest BCUT2D eigenvalue weighted by Gasteiger charge is -2.40. The van der Waals surface area contributed by atoms with Crippen LogP contribution in [0.15, 0.2) is 18.2 Å². The molecule has 2 unspecified atom stereocenters. The summed E-state index contributed by atoms with van der Waals surface area (Å²) >= 11 is 0. The van der Waals surface area contributed by atoms with Crippen LogP contribution in [-0.2, 0) is 19.6 Å². The number of carbonyl (C=O) groups is 1. The molecule has 1 amide bonds. The van der Waals surface area contributed by atoms with E-state index in [0.717, 1.165) is 30.6 Å². The van der Waals surface area contributed by atoms with Crippen molar-refractivity contribution in [3.63, 3.8) is 0 Å². The van der Waals surface area contributed by atoms with Crippen LogP contribution in [0.2, 0.25) is 0 Å². The molecule has 202 valence electrons. The minimum Gasteiger partial charge on any atom is -0.508 e. The third kappa shape index (κ3) is 5.30. The number of hydrogen-bond acceptors (Lipinski definition) is 9. The summed E-state index contributed by atoms with van der Waals surface area (Å²) in [4.78, 5) is 28.7. The first-order chi connectivity index (χ1) is 18.3. The third-order valence-corrected chi connectivity index (χ3v) is 7.71. The number of benzene rings is 1. The first-order valence-corrected chi connectivity index (χ1v) is 12.9. The van der Waals surface area contributed by atoms with Gasteiger partial charge in [-0.15, -0.1) is 0 Å². The van der Waals surface area contributed by atoms with Gasteiger partial charge in [0.2, 0.25) is 0 Å². The zero-order valence-corrected chi connectivity index (χ0v) is 21.4. The summed E-state index contributed by atoms with van der Waals surface area (Å²) in [6.45, 7) is 3.53. The van der Waals surface area contributed by atoms with E-state index in [9.17, 15) is 24.7 Å². The fourth-order valence-electron chi connectivity index (χ4n) is 5.58. The topological polar surface area (TPSA) is 129 Å². The number of carboxylic acid groups (broad SMARTS) is 1. The molecule has 5 rings (SSSR count). The van der Waals surface area contributed by atoms with Crippen LogP contribution >= 0.6 is 0 Å². The fraction of sp³-hybridized carbons (Fsp3) is 0.538. The van der Waals surface area contributed by atoms with E-state index in [2.05, 4.69) is 18.0 Å². The number of amides is 1. The lowest BCUT2D eigenvalue weighted by atomic mass is 10.1. The van der Waals surface area contributed by atoms with Gasteiger partial charge in [0.15, 0.2) is 0 Å². The van der Waals surface area contributed by atoms with Gasteiger partial charge in [0.25, 0.3) is 0 Å². The smallest absolute Gasteiger partial charge is 0.407 e. The number of likely N-dealkylation sites (N-methyl/N-ethyl adjacent to an activating group) is 1. The van der Waals surface area contributed by atoms with Crippen molar-refractivity contribution in [3.05, 3.63) is 40.8 Å². The van der Waals surface area contributed by atoms with Gasteiger partial charge in [-0.25, -0.2) is 9.18 Å². The van der Waals surface area contributed by atoms with Crippen LogP contribution in [0.3, 0.4) is 0 Å². The summed E-state index contributed by atoms with van der Waals surface area (Å²) in [5.74, 6) is 0.0835. The molecule has 0 aliphatic carbocycles. The standard InChI is InChI=1S/C26H32FN7O4/c1-31-9-3-4-18(31)16-38-25-29-22-15-32(13-19-21(27)5-2-6-23(19)35)14-20(22)24(30-25)33-10-11-34(26(36)37)17(12-33)7-8-28/h2,5-6,17-18,35H,3-4,7,9-16H2,1H3,(H,36,37). The van der Waals surface area contributed by atoms with Crippen LogP contribution < -0.4 is 9.64 Å². The Morgan fingerprint density at radius 1 is 1.24 bits per heavy atom. The van der Waals surface area contributed by atoms with Gasteiger partial charge < -0.3 is 29.6 Å². The molecule has 2 atom stereocenters. The molecule has 0 bridgehead atoms. The zero-order valence-electron chi connectivity index (χ0n) is 21.4. The number of nitrogens with zero attached hydrogens (tertiary/aromatic N) is 7. The van der Waals surface area contributed by atoms with Crippen LogP contribution in [-0.4, -0.2) is 92.9 Å². The number of likely N-dealkylation sites (tertiary alicyclic amines) is 1.